The summed E-state index contributed by atoms with van der Waals surface area (Å²) in [6.45, 7) is 0.914. The van der Waals surface area contributed by atoms with Gasteiger partial charge in [0.05, 0.1) is 18.5 Å². The van der Waals surface area contributed by atoms with E-state index >= 15 is 0 Å². The van der Waals surface area contributed by atoms with Crippen molar-refractivity contribution in [3.05, 3.63) is 59.2 Å². The van der Waals surface area contributed by atoms with Crippen LogP contribution in [0.3, 0.4) is 0 Å². The Bertz CT molecular complexity index is 962. The first-order chi connectivity index (χ1) is 12.9. The van der Waals surface area contributed by atoms with E-state index in [-0.39, 0.29) is 12.0 Å². The van der Waals surface area contributed by atoms with Crippen LogP contribution in [0.1, 0.15) is 27.9 Å². The molecule has 0 saturated carbocycles. The lowest BCUT2D eigenvalue weighted by molar-refractivity contribution is 0.0933. The van der Waals surface area contributed by atoms with Crippen molar-refractivity contribution in [2.24, 2.45) is 0 Å². The molecule has 4 rings (SSSR count). The number of carbonyl (C=O) groups excluding carboxylic acids is 1. The lowest BCUT2D eigenvalue weighted by Gasteiger charge is -2.29. The number of benzene rings is 2. The molecule has 2 heterocycles. The molecule has 0 saturated heterocycles. The van der Waals surface area contributed by atoms with Crippen LogP contribution < -0.4 is 14.4 Å². The fraction of sp³-hybridized carbons (Fsp3) is 0.350. The maximum Gasteiger partial charge on any atom is 0.251 e. The minimum Gasteiger partial charge on any atom is -0.488 e. The quantitative estimate of drug-likeness (QED) is 0.874. The molecule has 1 N–H and O–H groups in total. The number of fused-ring (bicyclic) bond motifs is 2. The van der Waals surface area contributed by atoms with Crippen LogP contribution >= 0.6 is 0 Å². The van der Waals surface area contributed by atoms with Gasteiger partial charge in [-0.25, -0.2) is 8.42 Å². The van der Waals surface area contributed by atoms with Gasteiger partial charge in [-0.2, -0.15) is 0 Å². The summed E-state index contributed by atoms with van der Waals surface area (Å²) in [6.07, 6.45) is 3.44. The number of nitrogens with zero attached hydrogens (tertiary/aromatic N) is 1. The molecule has 1 atom stereocenters. The van der Waals surface area contributed by atoms with Crippen molar-refractivity contribution in [3.8, 4) is 5.75 Å². The standard InChI is InChI=1S/C20H22N2O4S/c1-27(24,25)22-10-4-6-14-11-16(8-9-18(14)22)20(23)21-13-17-12-15-5-2-3-7-19(15)26-17/h2-3,5,7-9,11,17H,4,6,10,12-13H2,1H3,(H,21,23). The van der Waals surface area contributed by atoms with E-state index in [1.807, 2.05) is 24.3 Å². The Balaban J connectivity index is 1.43. The molecule has 0 fully saturated rings. The molecular weight excluding hydrogens is 364 g/mol. The minimum atomic E-state index is -3.30. The van der Waals surface area contributed by atoms with Gasteiger partial charge in [0, 0.05) is 18.5 Å². The topological polar surface area (TPSA) is 75.7 Å². The molecule has 1 amide bonds. The summed E-state index contributed by atoms with van der Waals surface area (Å²) in [5.74, 6) is 0.709. The SMILES string of the molecule is CS(=O)(=O)N1CCCc2cc(C(=O)NCC3Cc4ccccc4O3)ccc21. The molecule has 2 aliphatic heterocycles. The highest BCUT2D eigenvalue weighted by Gasteiger charge is 2.26. The van der Waals surface area contributed by atoms with Crippen molar-refractivity contribution in [2.45, 2.75) is 25.4 Å². The Kier molecular flexibility index (Phi) is 4.55. The Labute approximate surface area is 159 Å². The van der Waals surface area contributed by atoms with E-state index in [4.69, 9.17) is 4.74 Å². The van der Waals surface area contributed by atoms with Gasteiger partial charge in [-0.15, -0.1) is 0 Å². The van der Waals surface area contributed by atoms with Gasteiger partial charge in [0.25, 0.3) is 5.91 Å². The highest BCUT2D eigenvalue weighted by molar-refractivity contribution is 7.92. The van der Waals surface area contributed by atoms with E-state index in [0.717, 1.165) is 36.1 Å². The first-order valence-corrected chi connectivity index (χ1v) is 10.9. The summed E-state index contributed by atoms with van der Waals surface area (Å²) in [7, 11) is -3.30. The summed E-state index contributed by atoms with van der Waals surface area (Å²) in [5, 5.41) is 2.93. The highest BCUT2D eigenvalue weighted by atomic mass is 32.2. The molecule has 0 bridgehead atoms. The second-order valence-corrected chi connectivity index (χ2v) is 8.95. The number of sulfonamides is 1. The summed E-state index contributed by atoms with van der Waals surface area (Å²) in [6, 6.07) is 13.1. The third-order valence-electron chi connectivity index (χ3n) is 5.02. The van der Waals surface area contributed by atoms with Crippen LogP contribution in [0.4, 0.5) is 5.69 Å². The number of rotatable bonds is 4. The van der Waals surface area contributed by atoms with Crippen molar-refractivity contribution in [1.82, 2.24) is 5.32 Å². The van der Waals surface area contributed by atoms with E-state index in [1.165, 1.54) is 10.6 Å². The number of para-hydroxylation sites is 1. The van der Waals surface area contributed by atoms with Gasteiger partial charge in [0.2, 0.25) is 10.0 Å². The zero-order valence-electron chi connectivity index (χ0n) is 15.1. The Morgan fingerprint density at radius 1 is 1.22 bits per heavy atom. The third kappa shape index (κ3) is 3.64. The number of amides is 1. The van der Waals surface area contributed by atoms with Crippen molar-refractivity contribution in [2.75, 3.05) is 23.7 Å². The van der Waals surface area contributed by atoms with Crippen LogP contribution in [-0.2, 0) is 22.9 Å². The molecule has 142 valence electrons. The van der Waals surface area contributed by atoms with Gasteiger partial charge in [-0.3, -0.25) is 9.10 Å². The average Bonchev–Trinajstić information content (AvgIpc) is 3.07. The van der Waals surface area contributed by atoms with Crippen molar-refractivity contribution < 1.29 is 17.9 Å². The van der Waals surface area contributed by atoms with Gasteiger partial charge in [0.15, 0.2) is 0 Å². The van der Waals surface area contributed by atoms with Crippen LogP contribution in [0.15, 0.2) is 42.5 Å². The summed E-state index contributed by atoms with van der Waals surface area (Å²) in [5.41, 5.74) is 3.27. The van der Waals surface area contributed by atoms with E-state index in [1.54, 1.807) is 18.2 Å². The number of hydrogen-bond acceptors (Lipinski definition) is 4. The zero-order valence-corrected chi connectivity index (χ0v) is 16.0. The predicted molar refractivity (Wildman–Crippen MR) is 104 cm³/mol. The van der Waals surface area contributed by atoms with Gasteiger partial charge in [-0.05, 0) is 48.2 Å². The lowest BCUT2D eigenvalue weighted by atomic mass is 10.0. The van der Waals surface area contributed by atoms with Crippen molar-refractivity contribution in [3.63, 3.8) is 0 Å². The van der Waals surface area contributed by atoms with Crippen LogP contribution in [0.25, 0.3) is 0 Å². The predicted octanol–water partition coefficient (Wildman–Crippen LogP) is 2.13. The van der Waals surface area contributed by atoms with Crippen molar-refractivity contribution >= 4 is 21.6 Å². The molecule has 0 aliphatic carbocycles. The van der Waals surface area contributed by atoms with E-state index < -0.39 is 10.0 Å². The normalized spacial score (nSPS) is 18.4. The summed E-state index contributed by atoms with van der Waals surface area (Å²) < 4.78 is 31.1. The second kappa shape index (κ2) is 6.88. The monoisotopic (exact) mass is 386 g/mol. The smallest absolute Gasteiger partial charge is 0.251 e. The van der Waals surface area contributed by atoms with Gasteiger partial charge < -0.3 is 10.1 Å². The molecule has 0 spiro atoms. The largest absolute Gasteiger partial charge is 0.488 e. The molecule has 6 nitrogen and oxygen atoms in total. The maximum absolute atomic E-state index is 12.5. The number of carbonyl (C=O) groups is 1. The summed E-state index contributed by atoms with van der Waals surface area (Å²) in [4.78, 5) is 12.5. The molecule has 2 aromatic carbocycles. The van der Waals surface area contributed by atoms with E-state index in [2.05, 4.69) is 5.32 Å². The van der Waals surface area contributed by atoms with Crippen molar-refractivity contribution in [1.29, 1.82) is 0 Å². The Hall–Kier alpha value is -2.54. The minimum absolute atomic E-state index is 0.0651. The molecule has 0 radical (unpaired) electrons. The molecule has 1 unspecified atom stereocenters. The molecule has 2 aromatic rings. The molecule has 0 aromatic heterocycles. The van der Waals surface area contributed by atoms with E-state index in [0.29, 0.717) is 24.3 Å². The fourth-order valence-electron chi connectivity index (χ4n) is 3.72. The molecular formula is C20H22N2O4S. The molecule has 27 heavy (non-hydrogen) atoms. The van der Waals surface area contributed by atoms with Gasteiger partial charge in [0.1, 0.15) is 11.9 Å². The number of anilines is 1. The maximum atomic E-state index is 12.5. The van der Waals surface area contributed by atoms with Crippen LogP contribution in [0.2, 0.25) is 0 Å². The second-order valence-electron chi connectivity index (χ2n) is 7.04. The number of ether oxygens (including phenoxy) is 1. The van der Waals surface area contributed by atoms with Crippen LogP contribution in [0.5, 0.6) is 5.75 Å². The van der Waals surface area contributed by atoms with Gasteiger partial charge >= 0.3 is 0 Å². The zero-order chi connectivity index (χ0) is 19.0. The molecule has 7 heteroatoms. The van der Waals surface area contributed by atoms with Crippen LogP contribution in [-0.4, -0.2) is 39.8 Å². The summed E-state index contributed by atoms with van der Waals surface area (Å²) >= 11 is 0. The fourth-order valence-corrected chi connectivity index (χ4v) is 4.72. The third-order valence-corrected chi connectivity index (χ3v) is 6.20. The molecule has 2 aliphatic rings. The van der Waals surface area contributed by atoms with Crippen LogP contribution in [0, 0.1) is 0 Å². The number of nitrogens with one attached hydrogen (secondary N) is 1. The average molecular weight is 386 g/mol. The number of aryl methyl sites for hydroxylation is 1. The lowest BCUT2D eigenvalue weighted by Crippen LogP contribution is -2.36. The first-order valence-electron chi connectivity index (χ1n) is 9.05. The highest BCUT2D eigenvalue weighted by Crippen LogP contribution is 2.30. The Morgan fingerprint density at radius 2 is 2.04 bits per heavy atom. The number of hydrogen-bond donors (Lipinski definition) is 1. The first kappa shape index (κ1) is 17.9. The Morgan fingerprint density at radius 3 is 2.81 bits per heavy atom. The van der Waals surface area contributed by atoms with E-state index in [9.17, 15) is 13.2 Å². The van der Waals surface area contributed by atoms with Gasteiger partial charge in [-0.1, -0.05) is 18.2 Å².